The Balaban J connectivity index is 1.82. The molecule has 0 saturated carbocycles. The van der Waals surface area contributed by atoms with Crippen molar-refractivity contribution in [2.24, 2.45) is 0 Å². The molecule has 0 aromatic heterocycles. The van der Waals surface area contributed by atoms with E-state index in [2.05, 4.69) is 29.3 Å². The Morgan fingerprint density at radius 3 is 2.36 bits per heavy atom. The predicted octanol–water partition coefficient (Wildman–Crippen LogP) is 2.47. The number of carbonyl (C=O) groups is 1. The van der Waals surface area contributed by atoms with Gasteiger partial charge in [0.05, 0.1) is 7.11 Å². The lowest BCUT2D eigenvalue weighted by molar-refractivity contribution is -0.114. The van der Waals surface area contributed by atoms with E-state index in [1.807, 2.05) is 12.1 Å². The predicted molar refractivity (Wildman–Crippen MR) is 109 cm³/mol. The Labute approximate surface area is 166 Å². The maximum atomic E-state index is 13.2. The van der Waals surface area contributed by atoms with E-state index in [1.54, 1.807) is 12.1 Å². The molecule has 0 atom stereocenters. The zero-order chi connectivity index (χ0) is 20.3. The lowest BCUT2D eigenvalue weighted by Gasteiger charge is -2.36. The van der Waals surface area contributed by atoms with Crippen LogP contribution in [0.2, 0.25) is 0 Å². The van der Waals surface area contributed by atoms with Gasteiger partial charge < -0.3 is 15.0 Å². The molecule has 0 radical (unpaired) electrons. The number of hydrogen-bond donors (Lipinski definition) is 1. The Kier molecular flexibility index (Phi) is 5.90. The number of piperazine rings is 1. The Morgan fingerprint density at radius 2 is 1.75 bits per heavy atom. The Hall–Kier alpha value is -2.58. The van der Waals surface area contributed by atoms with E-state index in [4.69, 9.17) is 4.74 Å². The van der Waals surface area contributed by atoms with Crippen LogP contribution in [-0.4, -0.2) is 51.9 Å². The van der Waals surface area contributed by atoms with Crippen LogP contribution in [-0.2, 0) is 14.8 Å². The SMILES string of the molecule is COc1ccc(NC(C)=O)cc1S(=O)(=O)N1CCN(c2ccccc2C)CC1. The fraction of sp³-hybridized carbons (Fsp3) is 0.350. The van der Waals surface area contributed by atoms with Crippen molar-refractivity contribution < 1.29 is 17.9 Å². The number of para-hydroxylation sites is 1. The molecule has 7 nitrogen and oxygen atoms in total. The number of sulfonamides is 1. The summed E-state index contributed by atoms with van der Waals surface area (Å²) in [7, 11) is -2.32. The number of carbonyl (C=O) groups excluding carboxylic acids is 1. The van der Waals surface area contributed by atoms with Crippen LogP contribution < -0.4 is 15.0 Å². The van der Waals surface area contributed by atoms with Gasteiger partial charge in [-0.1, -0.05) is 18.2 Å². The third-order valence-corrected chi connectivity index (χ3v) is 6.72. The van der Waals surface area contributed by atoms with Crippen molar-refractivity contribution in [1.82, 2.24) is 4.31 Å². The first kappa shape index (κ1) is 20.2. The van der Waals surface area contributed by atoms with Gasteiger partial charge in [0.2, 0.25) is 15.9 Å². The van der Waals surface area contributed by atoms with Crippen molar-refractivity contribution >= 4 is 27.3 Å². The second kappa shape index (κ2) is 8.20. The number of methoxy groups -OCH3 is 1. The van der Waals surface area contributed by atoms with Crippen LogP contribution in [0.5, 0.6) is 5.75 Å². The molecular weight excluding hydrogens is 378 g/mol. The van der Waals surface area contributed by atoms with Gasteiger partial charge in [0.15, 0.2) is 0 Å². The summed E-state index contributed by atoms with van der Waals surface area (Å²) in [4.78, 5) is 13.6. The molecule has 8 heteroatoms. The fourth-order valence-corrected chi connectivity index (χ4v) is 4.99. The summed E-state index contributed by atoms with van der Waals surface area (Å²) in [5.74, 6) is -0.00389. The molecule has 0 bridgehead atoms. The van der Waals surface area contributed by atoms with Gasteiger partial charge in [-0.25, -0.2) is 8.42 Å². The molecule has 1 N–H and O–H groups in total. The molecule has 28 heavy (non-hydrogen) atoms. The molecule has 150 valence electrons. The number of hydrogen-bond acceptors (Lipinski definition) is 5. The van der Waals surface area contributed by atoms with Gasteiger partial charge in [-0.15, -0.1) is 0 Å². The molecule has 2 aromatic carbocycles. The summed E-state index contributed by atoms with van der Waals surface area (Å²) < 4.78 is 33.2. The highest BCUT2D eigenvalue weighted by molar-refractivity contribution is 7.89. The molecule has 2 aromatic rings. The normalized spacial score (nSPS) is 15.3. The summed E-state index contributed by atoms with van der Waals surface area (Å²) in [6.45, 7) is 5.41. The van der Waals surface area contributed by atoms with Gasteiger partial charge >= 0.3 is 0 Å². The molecule has 0 aliphatic carbocycles. The van der Waals surface area contributed by atoms with Crippen LogP contribution in [0, 0.1) is 6.92 Å². The largest absolute Gasteiger partial charge is 0.495 e. The van der Waals surface area contributed by atoms with Crippen LogP contribution in [0.25, 0.3) is 0 Å². The summed E-state index contributed by atoms with van der Waals surface area (Å²) >= 11 is 0. The van der Waals surface area contributed by atoms with Crippen LogP contribution >= 0.6 is 0 Å². The Morgan fingerprint density at radius 1 is 1.07 bits per heavy atom. The maximum absolute atomic E-state index is 13.2. The van der Waals surface area contributed by atoms with Crippen LogP contribution in [0.15, 0.2) is 47.4 Å². The van der Waals surface area contributed by atoms with Crippen molar-refractivity contribution in [3.63, 3.8) is 0 Å². The first-order valence-electron chi connectivity index (χ1n) is 9.09. The zero-order valence-corrected chi connectivity index (χ0v) is 17.1. The molecule has 0 unspecified atom stereocenters. The number of nitrogens with one attached hydrogen (secondary N) is 1. The van der Waals surface area contributed by atoms with Gasteiger partial charge in [0.1, 0.15) is 10.6 Å². The molecule has 1 fully saturated rings. The number of aryl methyl sites for hydroxylation is 1. The topological polar surface area (TPSA) is 78.9 Å². The number of nitrogens with zero attached hydrogens (tertiary/aromatic N) is 2. The van der Waals surface area contributed by atoms with Gasteiger partial charge in [0.25, 0.3) is 0 Å². The lowest BCUT2D eigenvalue weighted by atomic mass is 10.1. The second-order valence-electron chi connectivity index (χ2n) is 6.72. The lowest BCUT2D eigenvalue weighted by Crippen LogP contribution is -2.48. The summed E-state index contributed by atoms with van der Waals surface area (Å²) in [5.41, 5.74) is 2.72. The van der Waals surface area contributed by atoms with E-state index < -0.39 is 10.0 Å². The van der Waals surface area contributed by atoms with Crippen LogP contribution in [0.3, 0.4) is 0 Å². The first-order chi connectivity index (χ1) is 13.3. The highest BCUT2D eigenvalue weighted by Crippen LogP contribution is 2.31. The van der Waals surface area contributed by atoms with E-state index in [1.165, 1.54) is 30.0 Å². The van der Waals surface area contributed by atoms with Crippen LogP contribution in [0.1, 0.15) is 12.5 Å². The maximum Gasteiger partial charge on any atom is 0.246 e. The zero-order valence-electron chi connectivity index (χ0n) is 16.3. The molecule has 1 heterocycles. The molecule has 1 aliphatic heterocycles. The number of benzene rings is 2. The van der Waals surface area contributed by atoms with Gasteiger partial charge in [0, 0.05) is 44.5 Å². The smallest absolute Gasteiger partial charge is 0.246 e. The minimum absolute atomic E-state index is 0.0607. The monoisotopic (exact) mass is 403 g/mol. The highest BCUT2D eigenvalue weighted by Gasteiger charge is 2.31. The van der Waals surface area contributed by atoms with Gasteiger partial charge in [-0.2, -0.15) is 4.31 Å². The summed E-state index contributed by atoms with van der Waals surface area (Å²) in [6.07, 6.45) is 0. The molecule has 1 saturated heterocycles. The minimum Gasteiger partial charge on any atom is -0.495 e. The van der Waals surface area contributed by atoms with E-state index in [-0.39, 0.29) is 16.6 Å². The van der Waals surface area contributed by atoms with E-state index >= 15 is 0 Å². The average Bonchev–Trinajstić information content (AvgIpc) is 2.68. The standard InChI is InChI=1S/C20H25N3O4S/c1-15-6-4-5-7-18(15)22-10-12-23(13-11-22)28(25,26)20-14-17(21-16(2)24)8-9-19(20)27-3/h4-9,14H,10-13H2,1-3H3,(H,21,24). The van der Waals surface area contributed by atoms with Crippen molar-refractivity contribution in [1.29, 1.82) is 0 Å². The second-order valence-corrected chi connectivity index (χ2v) is 8.63. The fourth-order valence-electron chi connectivity index (χ4n) is 3.39. The third kappa shape index (κ3) is 4.13. The van der Waals surface area contributed by atoms with Crippen LogP contribution in [0.4, 0.5) is 11.4 Å². The number of anilines is 2. The third-order valence-electron chi connectivity index (χ3n) is 4.80. The van der Waals surface area contributed by atoms with Crippen molar-refractivity contribution in [2.75, 3.05) is 43.5 Å². The van der Waals surface area contributed by atoms with E-state index in [0.29, 0.717) is 31.9 Å². The quantitative estimate of drug-likeness (QED) is 0.830. The molecule has 1 amide bonds. The van der Waals surface area contributed by atoms with E-state index in [9.17, 15) is 13.2 Å². The molecule has 3 rings (SSSR count). The number of rotatable bonds is 5. The number of amides is 1. The van der Waals surface area contributed by atoms with Crippen molar-refractivity contribution in [3.8, 4) is 5.75 Å². The van der Waals surface area contributed by atoms with Gasteiger partial charge in [-0.05, 0) is 36.8 Å². The summed E-state index contributed by atoms with van der Waals surface area (Å²) in [6, 6.07) is 12.7. The van der Waals surface area contributed by atoms with Gasteiger partial charge in [-0.3, -0.25) is 4.79 Å². The highest BCUT2D eigenvalue weighted by atomic mass is 32.2. The first-order valence-corrected chi connectivity index (χ1v) is 10.5. The van der Waals surface area contributed by atoms with Crippen molar-refractivity contribution in [2.45, 2.75) is 18.7 Å². The minimum atomic E-state index is -3.75. The summed E-state index contributed by atoms with van der Waals surface area (Å²) in [5, 5.41) is 2.62. The Bertz CT molecular complexity index is 967. The van der Waals surface area contributed by atoms with Crippen molar-refractivity contribution in [3.05, 3.63) is 48.0 Å². The molecule has 1 aliphatic rings. The molecular formula is C20H25N3O4S. The van der Waals surface area contributed by atoms with E-state index in [0.717, 1.165) is 5.69 Å². The molecule has 0 spiro atoms. The number of ether oxygens (including phenoxy) is 1. The average molecular weight is 404 g/mol.